The number of hydrogen-bond acceptors (Lipinski definition) is 1. The van der Waals surface area contributed by atoms with Crippen molar-refractivity contribution < 1.29 is 4.21 Å². The SMILES string of the molecule is C=S1(=O)CCC12CCC2. The average molecular weight is 144 g/mol. The molecule has 0 aromatic heterocycles. The fourth-order valence-electron chi connectivity index (χ4n) is 1.81. The summed E-state index contributed by atoms with van der Waals surface area (Å²) in [7, 11) is -1.59. The minimum atomic E-state index is -1.59. The standard InChI is InChI=1S/C7H12OS/c1-9(8)6-5-7(9)3-2-4-7/h1-6H2. The minimum Gasteiger partial charge on any atom is -0.267 e. The molecule has 0 aromatic rings. The second-order valence-electron chi connectivity index (χ2n) is 3.30. The molecule has 1 atom stereocenters. The fraction of sp³-hybridized carbons (Fsp3) is 0.857. The molecule has 1 aliphatic heterocycles. The Labute approximate surface area is 56.5 Å². The van der Waals surface area contributed by atoms with E-state index in [9.17, 15) is 4.21 Å². The van der Waals surface area contributed by atoms with Crippen LogP contribution in [0.5, 0.6) is 0 Å². The quantitative estimate of drug-likeness (QED) is 0.464. The summed E-state index contributed by atoms with van der Waals surface area (Å²) in [6.07, 6.45) is 4.85. The van der Waals surface area contributed by atoms with Gasteiger partial charge in [0.15, 0.2) is 0 Å². The monoisotopic (exact) mass is 144 g/mol. The van der Waals surface area contributed by atoms with Gasteiger partial charge in [-0.1, -0.05) is 6.42 Å². The molecule has 2 heteroatoms. The molecule has 1 unspecified atom stereocenters. The van der Waals surface area contributed by atoms with Crippen molar-refractivity contribution in [1.82, 2.24) is 0 Å². The van der Waals surface area contributed by atoms with Crippen molar-refractivity contribution in [2.45, 2.75) is 30.4 Å². The highest BCUT2D eigenvalue weighted by molar-refractivity contribution is 8.02. The lowest BCUT2D eigenvalue weighted by Gasteiger charge is -2.52. The van der Waals surface area contributed by atoms with Gasteiger partial charge >= 0.3 is 0 Å². The molecule has 2 aliphatic rings. The maximum absolute atomic E-state index is 11.5. The molecule has 1 saturated heterocycles. The highest BCUT2D eigenvalue weighted by Crippen LogP contribution is 2.49. The molecule has 1 aliphatic carbocycles. The van der Waals surface area contributed by atoms with E-state index in [1.54, 1.807) is 0 Å². The Morgan fingerprint density at radius 1 is 1.33 bits per heavy atom. The van der Waals surface area contributed by atoms with Crippen molar-refractivity contribution in [2.24, 2.45) is 0 Å². The van der Waals surface area contributed by atoms with Gasteiger partial charge in [0.05, 0.1) is 0 Å². The Kier molecular flexibility index (Phi) is 0.876. The Morgan fingerprint density at radius 2 is 2.00 bits per heavy atom. The zero-order valence-corrected chi connectivity index (χ0v) is 6.38. The van der Waals surface area contributed by atoms with Crippen LogP contribution in [-0.4, -0.2) is 20.6 Å². The molecule has 1 saturated carbocycles. The molecule has 9 heavy (non-hydrogen) atoms. The Hall–Kier alpha value is 0.0200. The van der Waals surface area contributed by atoms with Crippen molar-refractivity contribution in [3.8, 4) is 0 Å². The van der Waals surface area contributed by atoms with Crippen LogP contribution in [0.15, 0.2) is 0 Å². The van der Waals surface area contributed by atoms with Gasteiger partial charge in [-0.15, -0.1) is 0 Å². The Bertz CT molecular complexity index is 216. The summed E-state index contributed by atoms with van der Waals surface area (Å²) in [6, 6.07) is 0. The van der Waals surface area contributed by atoms with E-state index in [1.165, 1.54) is 25.7 Å². The zero-order chi connectivity index (χ0) is 6.54. The third-order valence-electron chi connectivity index (χ3n) is 2.94. The highest BCUT2D eigenvalue weighted by Gasteiger charge is 2.50. The van der Waals surface area contributed by atoms with Crippen LogP contribution in [0.3, 0.4) is 0 Å². The molecule has 2 rings (SSSR count). The van der Waals surface area contributed by atoms with Gasteiger partial charge in [-0.2, -0.15) is 0 Å². The van der Waals surface area contributed by atoms with Gasteiger partial charge in [0.1, 0.15) is 0 Å². The maximum Gasteiger partial charge on any atom is 0.0392 e. The van der Waals surface area contributed by atoms with Crippen molar-refractivity contribution in [3.63, 3.8) is 0 Å². The lowest BCUT2D eigenvalue weighted by molar-refractivity contribution is 0.317. The molecule has 0 amide bonds. The predicted octanol–water partition coefficient (Wildman–Crippen LogP) is 1.03. The molecule has 1 nitrogen and oxygen atoms in total. The molecule has 2 fully saturated rings. The second kappa shape index (κ2) is 1.36. The summed E-state index contributed by atoms with van der Waals surface area (Å²) in [6.45, 7) is 0. The number of rotatable bonds is 0. The molecule has 0 radical (unpaired) electrons. The van der Waals surface area contributed by atoms with E-state index in [0.717, 1.165) is 5.75 Å². The third kappa shape index (κ3) is 0.504. The maximum atomic E-state index is 11.5. The zero-order valence-electron chi connectivity index (χ0n) is 5.56. The van der Waals surface area contributed by atoms with E-state index in [4.69, 9.17) is 0 Å². The van der Waals surface area contributed by atoms with E-state index < -0.39 is 9.52 Å². The van der Waals surface area contributed by atoms with Gasteiger partial charge < -0.3 is 0 Å². The van der Waals surface area contributed by atoms with Crippen LogP contribution in [0.1, 0.15) is 25.7 Å². The molecule has 1 spiro atoms. The van der Waals surface area contributed by atoms with Gasteiger partial charge in [0, 0.05) is 10.5 Å². The minimum absolute atomic E-state index is 0.257. The van der Waals surface area contributed by atoms with Crippen molar-refractivity contribution in [1.29, 1.82) is 0 Å². The van der Waals surface area contributed by atoms with Crippen molar-refractivity contribution >= 4 is 15.4 Å². The molecule has 0 N–H and O–H groups in total. The molecular formula is C7H12OS. The molecule has 52 valence electrons. The number of hydrogen-bond donors (Lipinski definition) is 0. The van der Waals surface area contributed by atoms with Gasteiger partial charge in [0.25, 0.3) is 0 Å². The first-order valence-electron chi connectivity index (χ1n) is 3.51. The fourth-order valence-corrected chi connectivity index (χ4v) is 4.08. The first kappa shape index (κ1) is 5.78. The van der Waals surface area contributed by atoms with Crippen LogP contribution in [0.25, 0.3) is 0 Å². The van der Waals surface area contributed by atoms with Crippen LogP contribution >= 0.6 is 0 Å². The van der Waals surface area contributed by atoms with Crippen LogP contribution in [0.4, 0.5) is 0 Å². The van der Waals surface area contributed by atoms with Crippen LogP contribution < -0.4 is 0 Å². The van der Waals surface area contributed by atoms with E-state index in [1.807, 2.05) is 0 Å². The highest BCUT2D eigenvalue weighted by atomic mass is 32.2. The summed E-state index contributed by atoms with van der Waals surface area (Å²) >= 11 is 0. The summed E-state index contributed by atoms with van der Waals surface area (Å²) in [5.41, 5.74) is 0. The largest absolute Gasteiger partial charge is 0.267 e. The summed E-state index contributed by atoms with van der Waals surface area (Å²) in [5, 5.41) is 0. The van der Waals surface area contributed by atoms with E-state index in [2.05, 4.69) is 5.87 Å². The van der Waals surface area contributed by atoms with Gasteiger partial charge in [-0.05, 0) is 34.7 Å². The average Bonchev–Trinajstić information content (AvgIpc) is 1.59. The van der Waals surface area contributed by atoms with Gasteiger partial charge in [-0.25, -0.2) is 0 Å². The van der Waals surface area contributed by atoms with Crippen LogP contribution in [0, 0.1) is 0 Å². The van der Waals surface area contributed by atoms with Crippen LogP contribution in [-0.2, 0) is 9.52 Å². The van der Waals surface area contributed by atoms with Gasteiger partial charge in [0.2, 0.25) is 0 Å². The van der Waals surface area contributed by atoms with Crippen molar-refractivity contribution in [3.05, 3.63) is 0 Å². The Balaban J connectivity index is 2.33. The lowest BCUT2D eigenvalue weighted by Crippen LogP contribution is -2.55. The summed E-state index contributed by atoms with van der Waals surface area (Å²) < 4.78 is 11.7. The first-order valence-corrected chi connectivity index (χ1v) is 5.41. The topological polar surface area (TPSA) is 17.1 Å². The van der Waals surface area contributed by atoms with Crippen molar-refractivity contribution in [2.75, 3.05) is 5.75 Å². The molecule has 1 heterocycles. The predicted molar refractivity (Wildman–Crippen MR) is 41.3 cm³/mol. The normalized spacial score (nSPS) is 45.8. The Morgan fingerprint density at radius 3 is 2.00 bits per heavy atom. The van der Waals surface area contributed by atoms with Crippen LogP contribution in [0.2, 0.25) is 0 Å². The van der Waals surface area contributed by atoms with E-state index in [0.29, 0.717) is 0 Å². The lowest BCUT2D eigenvalue weighted by atomic mass is 9.81. The van der Waals surface area contributed by atoms with E-state index >= 15 is 0 Å². The molecule has 0 aromatic carbocycles. The van der Waals surface area contributed by atoms with Gasteiger partial charge in [-0.3, -0.25) is 4.21 Å². The third-order valence-corrected chi connectivity index (χ3v) is 6.00. The van der Waals surface area contributed by atoms with E-state index in [-0.39, 0.29) is 4.75 Å². The molecular weight excluding hydrogens is 132 g/mol. The first-order chi connectivity index (χ1) is 4.16. The molecule has 0 bridgehead atoms. The summed E-state index contributed by atoms with van der Waals surface area (Å²) in [4.78, 5) is 0. The summed E-state index contributed by atoms with van der Waals surface area (Å²) in [5.74, 6) is 4.67. The smallest absolute Gasteiger partial charge is 0.0392 e. The second-order valence-corrected chi connectivity index (χ2v) is 6.20.